The maximum Gasteiger partial charge on any atom is 0.191 e. The molecule has 0 bridgehead atoms. The van der Waals surface area contributed by atoms with Crippen molar-refractivity contribution in [2.45, 2.75) is 53.1 Å². The molecule has 6 nitrogen and oxygen atoms in total. The molecule has 1 aromatic heterocycles. The Morgan fingerprint density at radius 1 is 1.16 bits per heavy atom. The van der Waals surface area contributed by atoms with Crippen molar-refractivity contribution in [3.63, 3.8) is 0 Å². The van der Waals surface area contributed by atoms with Crippen LogP contribution in [0.15, 0.2) is 41.9 Å². The summed E-state index contributed by atoms with van der Waals surface area (Å²) in [5.41, 5.74) is 2.16. The molecule has 1 atom stereocenters. The molecule has 0 aliphatic heterocycles. The Hall–Kier alpha value is -2.37. The first kappa shape index (κ1) is 19.0. The first-order chi connectivity index (χ1) is 12.1. The van der Waals surface area contributed by atoms with Gasteiger partial charge in [0.25, 0.3) is 0 Å². The molecule has 0 amide bonds. The highest BCUT2D eigenvalue weighted by molar-refractivity contribution is 5.80. The highest BCUT2D eigenvalue weighted by atomic mass is 15.3. The van der Waals surface area contributed by atoms with Crippen molar-refractivity contribution in [1.29, 1.82) is 0 Å². The molecular formula is C19H30N6. The summed E-state index contributed by atoms with van der Waals surface area (Å²) in [5, 5.41) is 11.0. The average molecular weight is 342 g/mol. The summed E-state index contributed by atoms with van der Waals surface area (Å²) in [4.78, 5) is 8.67. The quantitative estimate of drug-likeness (QED) is 0.571. The number of nitrogens with one attached hydrogen (secondary N) is 2. The predicted molar refractivity (Wildman–Crippen MR) is 103 cm³/mol. The van der Waals surface area contributed by atoms with Gasteiger partial charge in [-0.15, -0.1) is 0 Å². The van der Waals surface area contributed by atoms with Crippen LogP contribution in [0.2, 0.25) is 0 Å². The van der Waals surface area contributed by atoms with Gasteiger partial charge in [-0.25, -0.2) is 14.7 Å². The van der Waals surface area contributed by atoms with Crippen LogP contribution in [0.5, 0.6) is 0 Å². The molecule has 2 rings (SSSR count). The van der Waals surface area contributed by atoms with E-state index < -0.39 is 0 Å². The van der Waals surface area contributed by atoms with Crippen LogP contribution >= 0.6 is 0 Å². The predicted octanol–water partition coefficient (Wildman–Crippen LogP) is 3.15. The maximum absolute atomic E-state index is 4.70. The van der Waals surface area contributed by atoms with Gasteiger partial charge < -0.3 is 10.6 Å². The molecular weight excluding hydrogens is 312 g/mol. The topological polar surface area (TPSA) is 67.1 Å². The molecule has 136 valence electrons. The Morgan fingerprint density at radius 2 is 1.92 bits per heavy atom. The molecule has 0 aliphatic carbocycles. The van der Waals surface area contributed by atoms with Crippen LogP contribution < -0.4 is 10.6 Å². The Bertz CT molecular complexity index is 630. The van der Waals surface area contributed by atoms with E-state index in [0.717, 1.165) is 36.1 Å². The molecule has 1 unspecified atom stereocenters. The van der Waals surface area contributed by atoms with Crippen molar-refractivity contribution in [3.05, 3.63) is 42.5 Å². The second-order valence-corrected chi connectivity index (χ2v) is 6.72. The largest absolute Gasteiger partial charge is 0.357 e. The summed E-state index contributed by atoms with van der Waals surface area (Å²) in [7, 11) is 0. The molecule has 1 heterocycles. The Kier molecular flexibility index (Phi) is 7.44. The highest BCUT2D eigenvalue weighted by Crippen LogP contribution is 2.09. The van der Waals surface area contributed by atoms with E-state index in [-0.39, 0.29) is 0 Å². The minimum absolute atomic E-state index is 0.412. The van der Waals surface area contributed by atoms with E-state index in [1.54, 1.807) is 11.0 Å². The van der Waals surface area contributed by atoms with Gasteiger partial charge in [0.05, 0.1) is 12.2 Å². The summed E-state index contributed by atoms with van der Waals surface area (Å²) in [6.07, 6.45) is 5.60. The zero-order valence-electron chi connectivity index (χ0n) is 15.7. The van der Waals surface area contributed by atoms with E-state index in [0.29, 0.717) is 12.6 Å². The highest BCUT2D eigenvalue weighted by Gasteiger charge is 2.06. The second-order valence-electron chi connectivity index (χ2n) is 6.72. The Labute approximate surface area is 150 Å². The van der Waals surface area contributed by atoms with E-state index in [9.17, 15) is 0 Å². The van der Waals surface area contributed by atoms with Crippen molar-refractivity contribution in [3.8, 4) is 5.69 Å². The van der Waals surface area contributed by atoms with Crippen LogP contribution in [0.1, 0.15) is 46.1 Å². The molecule has 0 radical (unpaired) electrons. The van der Waals surface area contributed by atoms with Gasteiger partial charge in [0.2, 0.25) is 0 Å². The zero-order valence-corrected chi connectivity index (χ0v) is 15.7. The van der Waals surface area contributed by atoms with E-state index in [1.807, 2.05) is 12.1 Å². The lowest BCUT2D eigenvalue weighted by atomic mass is 10.0. The van der Waals surface area contributed by atoms with E-state index >= 15 is 0 Å². The third kappa shape index (κ3) is 6.57. The van der Waals surface area contributed by atoms with E-state index in [2.05, 4.69) is 60.5 Å². The summed E-state index contributed by atoms with van der Waals surface area (Å²) in [6, 6.07) is 8.63. The molecule has 0 saturated heterocycles. The number of benzene rings is 1. The average Bonchev–Trinajstić information content (AvgIpc) is 3.13. The van der Waals surface area contributed by atoms with Crippen molar-refractivity contribution in [1.82, 2.24) is 25.4 Å². The number of guanidine groups is 1. The molecule has 1 aromatic carbocycles. The number of aromatic nitrogens is 3. The molecule has 0 fully saturated rings. The Morgan fingerprint density at radius 3 is 2.52 bits per heavy atom. The fourth-order valence-electron chi connectivity index (χ4n) is 2.47. The zero-order chi connectivity index (χ0) is 18.1. The third-order valence-corrected chi connectivity index (χ3v) is 3.94. The van der Waals surface area contributed by atoms with Gasteiger partial charge in [0.1, 0.15) is 12.7 Å². The number of aliphatic imine (C=N–C) groups is 1. The van der Waals surface area contributed by atoms with Gasteiger partial charge in [0.15, 0.2) is 5.96 Å². The van der Waals surface area contributed by atoms with Crippen molar-refractivity contribution in [2.24, 2.45) is 10.9 Å². The Balaban J connectivity index is 1.93. The summed E-state index contributed by atoms with van der Waals surface area (Å²) >= 11 is 0. The van der Waals surface area contributed by atoms with Crippen molar-refractivity contribution in [2.75, 3.05) is 6.54 Å². The summed E-state index contributed by atoms with van der Waals surface area (Å²) in [6.45, 7) is 10.3. The van der Waals surface area contributed by atoms with Crippen molar-refractivity contribution < 1.29 is 0 Å². The van der Waals surface area contributed by atoms with Crippen molar-refractivity contribution >= 4 is 5.96 Å². The van der Waals surface area contributed by atoms with E-state index in [4.69, 9.17) is 4.99 Å². The van der Waals surface area contributed by atoms with Crippen LogP contribution in [0.25, 0.3) is 5.69 Å². The number of nitrogens with zero attached hydrogens (tertiary/aromatic N) is 4. The SMILES string of the molecule is CCNC(=NCc1ccc(-n2cncn2)cc1)NC(C)CCC(C)C. The van der Waals surface area contributed by atoms with Crippen LogP contribution in [0.3, 0.4) is 0 Å². The standard InChI is InChI=1S/C19H30N6/c1-5-21-19(24-16(4)7-6-15(2)3)22-12-17-8-10-18(11-9-17)25-14-20-13-23-25/h8-11,13-16H,5-7,12H2,1-4H3,(H2,21,22,24). The third-order valence-electron chi connectivity index (χ3n) is 3.94. The van der Waals surface area contributed by atoms with Crippen LogP contribution in [0, 0.1) is 5.92 Å². The van der Waals surface area contributed by atoms with E-state index in [1.165, 1.54) is 12.7 Å². The monoisotopic (exact) mass is 342 g/mol. The molecule has 0 saturated carbocycles. The smallest absolute Gasteiger partial charge is 0.191 e. The minimum Gasteiger partial charge on any atom is -0.357 e. The normalized spacial score (nSPS) is 13.1. The maximum atomic E-state index is 4.70. The van der Waals surface area contributed by atoms with Gasteiger partial charge >= 0.3 is 0 Å². The lowest BCUT2D eigenvalue weighted by molar-refractivity contribution is 0.489. The van der Waals surface area contributed by atoms with Gasteiger partial charge in [-0.2, -0.15) is 5.10 Å². The van der Waals surface area contributed by atoms with Crippen LogP contribution in [-0.4, -0.2) is 33.3 Å². The minimum atomic E-state index is 0.412. The number of hydrogen-bond donors (Lipinski definition) is 2. The molecule has 0 aliphatic rings. The molecule has 6 heteroatoms. The molecule has 2 aromatic rings. The van der Waals surface area contributed by atoms with Gasteiger partial charge in [0, 0.05) is 12.6 Å². The first-order valence-electron chi connectivity index (χ1n) is 9.07. The lowest BCUT2D eigenvalue weighted by Crippen LogP contribution is -2.42. The van der Waals surface area contributed by atoms with Crippen LogP contribution in [0.4, 0.5) is 0 Å². The molecule has 25 heavy (non-hydrogen) atoms. The fourth-order valence-corrected chi connectivity index (χ4v) is 2.47. The van der Waals surface area contributed by atoms with Crippen LogP contribution in [-0.2, 0) is 6.54 Å². The number of rotatable bonds is 8. The molecule has 0 spiro atoms. The lowest BCUT2D eigenvalue weighted by Gasteiger charge is -2.18. The second kappa shape index (κ2) is 9.81. The molecule has 2 N–H and O–H groups in total. The first-order valence-corrected chi connectivity index (χ1v) is 9.07. The number of hydrogen-bond acceptors (Lipinski definition) is 3. The summed E-state index contributed by atoms with van der Waals surface area (Å²) < 4.78 is 1.75. The van der Waals surface area contributed by atoms with Gasteiger partial charge in [-0.05, 0) is 50.3 Å². The van der Waals surface area contributed by atoms with Gasteiger partial charge in [-0.1, -0.05) is 26.0 Å². The fraction of sp³-hybridized carbons (Fsp3) is 0.526. The summed E-state index contributed by atoms with van der Waals surface area (Å²) in [5.74, 6) is 1.60. The van der Waals surface area contributed by atoms with Gasteiger partial charge in [-0.3, -0.25) is 0 Å².